The van der Waals surface area contributed by atoms with Crippen LogP contribution in [0.5, 0.6) is 0 Å². The molecule has 1 saturated heterocycles. The first-order valence-corrected chi connectivity index (χ1v) is 14.3. The average Bonchev–Trinajstić information content (AvgIpc) is 2.86. The summed E-state index contributed by atoms with van der Waals surface area (Å²) >= 11 is 0. The molecule has 1 aliphatic rings. The number of hydrogen-bond acceptors (Lipinski definition) is 3. The highest BCUT2D eigenvalue weighted by atomic mass is 28.4. The molecule has 0 aromatic heterocycles. The molecule has 1 unspecified atom stereocenters. The zero-order chi connectivity index (χ0) is 24.1. The van der Waals surface area contributed by atoms with E-state index in [0.29, 0.717) is 26.1 Å². The van der Waals surface area contributed by atoms with Gasteiger partial charge in [-0.05, 0) is 34.7 Å². The van der Waals surface area contributed by atoms with Crippen molar-refractivity contribution in [3.8, 4) is 23.7 Å². The summed E-state index contributed by atoms with van der Waals surface area (Å²) in [5.74, 6) is 12.7. The Kier molecular flexibility index (Phi) is 10.4. The zero-order valence-electron chi connectivity index (χ0n) is 20.9. The molecule has 4 heteroatoms. The summed E-state index contributed by atoms with van der Waals surface area (Å²) < 4.78 is 18.1. The third-order valence-electron chi connectivity index (χ3n) is 6.06. The van der Waals surface area contributed by atoms with Gasteiger partial charge in [-0.1, -0.05) is 105 Å². The minimum atomic E-state index is -2.47. The zero-order valence-corrected chi connectivity index (χ0v) is 21.9. The summed E-state index contributed by atoms with van der Waals surface area (Å²) in [6.45, 7) is 8.94. The highest BCUT2D eigenvalue weighted by Crippen LogP contribution is 2.36. The summed E-state index contributed by atoms with van der Waals surface area (Å²) in [7, 11) is -2.47. The van der Waals surface area contributed by atoms with Gasteiger partial charge in [0.25, 0.3) is 8.32 Å². The second-order valence-corrected chi connectivity index (χ2v) is 13.9. The molecule has 180 valence electrons. The summed E-state index contributed by atoms with van der Waals surface area (Å²) in [6.07, 6.45) is 5.29. The van der Waals surface area contributed by atoms with Gasteiger partial charge in [-0.3, -0.25) is 0 Å². The quantitative estimate of drug-likeness (QED) is 0.296. The molecule has 0 bridgehead atoms. The van der Waals surface area contributed by atoms with Crippen LogP contribution < -0.4 is 10.4 Å². The van der Waals surface area contributed by atoms with Crippen LogP contribution in [-0.4, -0.2) is 34.4 Å². The minimum Gasteiger partial charge on any atom is -0.406 e. The highest BCUT2D eigenvalue weighted by molar-refractivity contribution is 6.99. The predicted octanol–water partition coefficient (Wildman–Crippen LogP) is 5.28. The van der Waals surface area contributed by atoms with Crippen molar-refractivity contribution in [1.82, 2.24) is 0 Å². The molecule has 1 heterocycles. The molecule has 1 aliphatic heterocycles. The van der Waals surface area contributed by atoms with E-state index in [0.717, 1.165) is 25.9 Å². The van der Waals surface area contributed by atoms with Gasteiger partial charge in [-0.15, -0.1) is 0 Å². The van der Waals surface area contributed by atoms with E-state index in [1.807, 2.05) is 0 Å². The van der Waals surface area contributed by atoms with Gasteiger partial charge in [0.1, 0.15) is 0 Å². The van der Waals surface area contributed by atoms with Crippen molar-refractivity contribution in [3.05, 3.63) is 60.7 Å². The summed E-state index contributed by atoms with van der Waals surface area (Å²) in [5.41, 5.74) is 0. The maximum atomic E-state index is 6.86. The Hall–Kier alpha value is -2.34. The molecule has 0 aliphatic carbocycles. The number of hydrogen-bond donors (Lipinski definition) is 0. The summed E-state index contributed by atoms with van der Waals surface area (Å²) in [4.78, 5) is 0. The van der Waals surface area contributed by atoms with E-state index in [1.54, 1.807) is 0 Å². The van der Waals surface area contributed by atoms with Crippen LogP contribution >= 0.6 is 0 Å². The maximum Gasteiger partial charge on any atom is 0.261 e. The van der Waals surface area contributed by atoms with Gasteiger partial charge < -0.3 is 13.9 Å². The molecular formula is C30H38O3Si. The molecule has 0 amide bonds. The summed E-state index contributed by atoms with van der Waals surface area (Å²) in [6, 6.07) is 21.5. The Morgan fingerprint density at radius 1 is 0.824 bits per heavy atom. The van der Waals surface area contributed by atoms with Gasteiger partial charge in [0.15, 0.2) is 6.29 Å². The van der Waals surface area contributed by atoms with Crippen LogP contribution in [-0.2, 0) is 13.9 Å². The van der Waals surface area contributed by atoms with Crippen molar-refractivity contribution in [2.24, 2.45) is 0 Å². The predicted molar refractivity (Wildman–Crippen MR) is 143 cm³/mol. The molecule has 2 aromatic rings. The third-order valence-corrected chi connectivity index (χ3v) is 11.1. The van der Waals surface area contributed by atoms with E-state index in [4.69, 9.17) is 13.9 Å². The van der Waals surface area contributed by atoms with Crippen LogP contribution in [0.1, 0.15) is 59.3 Å². The minimum absolute atomic E-state index is 0.0145. The molecule has 0 N–H and O–H groups in total. The number of ether oxygens (including phenoxy) is 2. The normalized spacial score (nSPS) is 16.1. The van der Waals surface area contributed by atoms with E-state index < -0.39 is 8.32 Å². The van der Waals surface area contributed by atoms with Crippen LogP contribution in [0.3, 0.4) is 0 Å². The van der Waals surface area contributed by atoms with Gasteiger partial charge in [-0.25, -0.2) is 0 Å². The van der Waals surface area contributed by atoms with Crippen LogP contribution in [0, 0.1) is 23.7 Å². The Morgan fingerprint density at radius 3 is 1.94 bits per heavy atom. The molecule has 0 saturated carbocycles. The van der Waals surface area contributed by atoms with E-state index in [2.05, 4.69) is 105 Å². The van der Waals surface area contributed by atoms with Crippen molar-refractivity contribution in [2.45, 2.75) is 70.6 Å². The second kappa shape index (κ2) is 13.5. The van der Waals surface area contributed by atoms with Crippen molar-refractivity contribution < 1.29 is 13.9 Å². The van der Waals surface area contributed by atoms with Crippen LogP contribution in [0.25, 0.3) is 0 Å². The first kappa shape index (κ1) is 26.3. The third kappa shape index (κ3) is 7.33. The Labute approximate surface area is 207 Å². The average molecular weight is 475 g/mol. The Bertz CT molecular complexity index is 929. The Balaban J connectivity index is 1.53. The molecule has 2 aromatic carbocycles. The van der Waals surface area contributed by atoms with Gasteiger partial charge in [0.05, 0.1) is 13.0 Å². The van der Waals surface area contributed by atoms with Gasteiger partial charge in [0.2, 0.25) is 0 Å². The lowest BCUT2D eigenvalue weighted by Crippen LogP contribution is -2.66. The van der Waals surface area contributed by atoms with Crippen LogP contribution in [0.4, 0.5) is 0 Å². The largest absolute Gasteiger partial charge is 0.406 e. The fourth-order valence-corrected chi connectivity index (χ4v) is 9.01. The maximum absolute atomic E-state index is 6.86. The smallest absolute Gasteiger partial charge is 0.261 e. The molecule has 0 radical (unpaired) electrons. The van der Waals surface area contributed by atoms with Crippen molar-refractivity contribution >= 4 is 18.7 Å². The van der Waals surface area contributed by atoms with Crippen molar-refractivity contribution in [3.63, 3.8) is 0 Å². The topological polar surface area (TPSA) is 27.7 Å². The van der Waals surface area contributed by atoms with E-state index in [9.17, 15) is 0 Å². The van der Waals surface area contributed by atoms with Crippen LogP contribution in [0.15, 0.2) is 60.7 Å². The molecule has 34 heavy (non-hydrogen) atoms. The lowest BCUT2D eigenvalue weighted by atomic mass is 10.2. The molecule has 1 atom stereocenters. The van der Waals surface area contributed by atoms with E-state index in [-0.39, 0.29) is 11.3 Å². The summed E-state index contributed by atoms with van der Waals surface area (Å²) in [5, 5.41) is 2.58. The number of benzene rings is 2. The van der Waals surface area contributed by atoms with Crippen LogP contribution in [0.2, 0.25) is 5.04 Å². The van der Waals surface area contributed by atoms with E-state index in [1.165, 1.54) is 16.8 Å². The van der Waals surface area contributed by atoms with Gasteiger partial charge >= 0.3 is 0 Å². The fraction of sp³-hybridized carbons (Fsp3) is 0.467. The standard InChI is InChI=1S/C30H38O3Si/c1-30(2,3)34(27-19-11-9-12-20-27,28-21-13-10-14-22-28)33-26-17-8-6-4-5-7-16-24-31-29-23-15-18-25-32-29/h9-14,19-22,29H,4,15-18,23-26H2,1-3H3. The van der Waals surface area contributed by atoms with Crippen molar-refractivity contribution in [1.29, 1.82) is 0 Å². The fourth-order valence-electron chi connectivity index (χ4n) is 4.45. The molecule has 3 rings (SSSR count). The van der Waals surface area contributed by atoms with E-state index >= 15 is 0 Å². The van der Waals surface area contributed by atoms with Gasteiger partial charge in [-0.2, -0.15) is 0 Å². The first-order valence-electron chi connectivity index (χ1n) is 12.4. The monoisotopic (exact) mass is 474 g/mol. The van der Waals surface area contributed by atoms with Crippen molar-refractivity contribution in [2.75, 3.05) is 19.8 Å². The Morgan fingerprint density at radius 2 is 1.41 bits per heavy atom. The lowest BCUT2D eigenvalue weighted by molar-refractivity contribution is -0.161. The molecule has 1 fully saturated rings. The SMILES string of the molecule is CC(C)(C)[Si](OCCC#CCC#CCCOC1CCCCO1)(c1ccccc1)c1ccccc1. The second-order valence-electron chi connectivity index (χ2n) is 9.56. The molecular weight excluding hydrogens is 436 g/mol. The first-order chi connectivity index (χ1) is 16.5. The molecule has 0 spiro atoms. The lowest BCUT2D eigenvalue weighted by Gasteiger charge is -2.43. The number of rotatable bonds is 8. The molecule has 3 nitrogen and oxygen atoms in total. The highest BCUT2D eigenvalue weighted by Gasteiger charge is 2.49. The van der Waals surface area contributed by atoms with Gasteiger partial charge in [0, 0.05) is 26.1 Å².